The molecule has 19 heavy (non-hydrogen) atoms. The molecule has 0 N–H and O–H groups in total. The highest BCUT2D eigenvalue weighted by molar-refractivity contribution is 14.1. The quantitative estimate of drug-likeness (QED) is 0.250. The number of hydrogen-bond acceptors (Lipinski definition) is 4. The molecule has 0 saturated heterocycles. The van der Waals surface area contributed by atoms with Gasteiger partial charge in [-0.25, -0.2) is 4.98 Å². The fourth-order valence-corrected chi connectivity index (χ4v) is 1.88. The van der Waals surface area contributed by atoms with Crippen LogP contribution in [-0.4, -0.2) is 16.3 Å². The number of nitro groups is 1. The smallest absolute Gasteiger partial charge is 0.388 e. The number of halogens is 7. The van der Waals surface area contributed by atoms with Crippen LogP contribution in [0.15, 0.2) is 6.07 Å². The van der Waals surface area contributed by atoms with Gasteiger partial charge in [0.15, 0.2) is 5.56 Å². The van der Waals surface area contributed by atoms with Gasteiger partial charge in [0.1, 0.15) is 3.70 Å². The fraction of sp³-hybridized carbons (Fsp3) is 0.286. The van der Waals surface area contributed by atoms with Crippen LogP contribution in [0.5, 0.6) is 5.88 Å². The number of nitrogens with zero attached hydrogens (tertiary/aromatic N) is 2. The summed E-state index contributed by atoms with van der Waals surface area (Å²) in [5.74, 6) is -1.34. The van der Waals surface area contributed by atoms with Gasteiger partial charge in [-0.2, -0.15) is 13.2 Å². The first-order chi connectivity index (χ1) is 8.42. The average molecular weight is 402 g/mol. The highest BCUT2D eigenvalue weighted by atomic mass is 127. The summed E-state index contributed by atoms with van der Waals surface area (Å²) in [5, 5.41) is 10.5. The summed E-state index contributed by atoms with van der Waals surface area (Å²) in [7, 11) is 0. The van der Waals surface area contributed by atoms with E-state index in [9.17, 15) is 36.5 Å². The largest absolute Gasteiger partial charge is 0.574 e. The summed E-state index contributed by atoms with van der Waals surface area (Å²) in [6.07, 6.45) is -10.3. The van der Waals surface area contributed by atoms with Crippen molar-refractivity contribution in [2.75, 3.05) is 0 Å². The third-order valence-electron chi connectivity index (χ3n) is 1.63. The Morgan fingerprint density at radius 2 is 1.79 bits per heavy atom. The molecule has 0 aliphatic heterocycles. The number of alkyl halides is 6. The molecule has 106 valence electrons. The summed E-state index contributed by atoms with van der Waals surface area (Å²) >= 11 is 0.939. The third kappa shape index (κ3) is 4.07. The molecule has 1 rings (SSSR count). The molecule has 0 aromatic carbocycles. The van der Waals surface area contributed by atoms with E-state index in [0.29, 0.717) is 0 Å². The molecule has 1 heterocycles. The third-order valence-corrected chi connectivity index (χ3v) is 2.41. The van der Waals surface area contributed by atoms with Crippen LogP contribution in [0.2, 0.25) is 0 Å². The number of pyridine rings is 1. The zero-order chi connectivity index (χ0) is 15.0. The Bertz CT molecular complexity index is 515. The maximum Gasteiger partial charge on any atom is 0.574 e. The van der Waals surface area contributed by atoms with Gasteiger partial charge in [0.05, 0.1) is 11.0 Å². The van der Waals surface area contributed by atoms with Gasteiger partial charge in [-0.3, -0.25) is 10.1 Å². The van der Waals surface area contributed by atoms with Crippen molar-refractivity contribution in [3.05, 3.63) is 25.4 Å². The van der Waals surface area contributed by atoms with E-state index in [-0.39, 0.29) is 6.07 Å². The molecule has 0 aliphatic carbocycles. The van der Waals surface area contributed by atoms with Gasteiger partial charge in [-0.15, -0.1) is 13.2 Å². The number of aromatic nitrogens is 1. The zero-order valence-electron chi connectivity index (χ0n) is 8.34. The Hall–Kier alpha value is -1.34. The van der Waals surface area contributed by atoms with Crippen LogP contribution in [0.4, 0.5) is 32.0 Å². The molecule has 1 aromatic heterocycles. The molecule has 0 saturated carbocycles. The first-order valence-corrected chi connectivity index (χ1v) is 5.17. The lowest BCUT2D eigenvalue weighted by atomic mass is 10.2. The van der Waals surface area contributed by atoms with E-state index < -0.39 is 38.3 Å². The molecule has 0 fully saturated rings. The maximum atomic E-state index is 12.5. The van der Waals surface area contributed by atoms with E-state index in [1.807, 2.05) is 0 Å². The van der Waals surface area contributed by atoms with E-state index in [1.54, 1.807) is 0 Å². The SMILES string of the molecule is O=[N+]([O-])c1cc(OC(F)(F)F)nc(I)c1C(F)(F)F. The molecule has 0 bridgehead atoms. The summed E-state index contributed by atoms with van der Waals surface area (Å²) < 4.78 is 75.5. The minimum atomic E-state index is -5.22. The van der Waals surface area contributed by atoms with Gasteiger partial charge in [0.2, 0.25) is 5.88 Å². The monoisotopic (exact) mass is 402 g/mol. The standard InChI is InChI=1S/C7HF6IN2O3/c8-6(9,10)4-2(16(17)18)1-3(15-5(4)14)19-7(11,12)13/h1H. The van der Waals surface area contributed by atoms with E-state index in [4.69, 9.17) is 0 Å². The molecular weight excluding hydrogens is 401 g/mol. The van der Waals surface area contributed by atoms with Crippen LogP contribution < -0.4 is 4.74 Å². The Morgan fingerprint density at radius 3 is 2.16 bits per heavy atom. The number of hydrogen-bond donors (Lipinski definition) is 0. The number of rotatable bonds is 2. The van der Waals surface area contributed by atoms with Gasteiger partial charge in [0.25, 0.3) is 5.69 Å². The lowest BCUT2D eigenvalue weighted by Gasteiger charge is -2.12. The molecular formula is C7HF6IN2O3. The van der Waals surface area contributed by atoms with Gasteiger partial charge >= 0.3 is 12.5 Å². The molecule has 0 spiro atoms. The first-order valence-electron chi connectivity index (χ1n) is 4.09. The molecule has 5 nitrogen and oxygen atoms in total. The summed E-state index contributed by atoms with van der Waals surface area (Å²) in [6.45, 7) is 0. The van der Waals surface area contributed by atoms with Crippen LogP contribution in [-0.2, 0) is 6.18 Å². The van der Waals surface area contributed by atoms with Crippen molar-refractivity contribution in [3.63, 3.8) is 0 Å². The van der Waals surface area contributed by atoms with Crippen LogP contribution in [0.3, 0.4) is 0 Å². The summed E-state index contributed by atoms with van der Waals surface area (Å²) in [4.78, 5) is 11.9. The Balaban J connectivity index is 3.43. The van der Waals surface area contributed by atoms with Crippen molar-refractivity contribution in [3.8, 4) is 5.88 Å². The van der Waals surface area contributed by atoms with Crippen LogP contribution in [0.1, 0.15) is 5.56 Å². The molecule has 12 heteroatoms. The Labute approximate surface area is 113 Å². The molecule has 0 unspecified atom stereocenters. The molecule has 1 aromatic rings. The van der Waals surface area contributed by atoms with Gasteiger partial charge in [0, 0.05) is 0 Å². The second kappa shape index (κ2) is 4.97. The van der Waals surface area contributed by atoms with Crippen LogP contribution in [0, 0.1) is 13.8 Å². The normalized spacial score (nSPS) is 12.4. The van der Waals surface area contributed by atoms with Crippen molar-refractivity contribution in [1.29, 1.82) is 0 Å². The predicted octanol–water partition coefficient (Wildman–Crippen LogP) is 3.51. The predicted molar refractivity (Wildman–Crippen MR) is 55.3 cm³/mol. The first kappa shape index (κ1) is 15.7. The van der Waals surface area contributed by atoms with E-state index >= 15 is 0 Å². The van der Waals surface area contributed by atoms with Crippen molar-refractivity contribution in [1.82, 2.24) is 4.98 Å². The molecule has 0 atom stereocenters. The van der Waals surface area contributed by atoms with Crippen molar-refractivity contribution in [2.45, 2.75) is 12.5 Å². The molecule has 0 aliphatic rings. The van der Waals surface area contributed by atoms with Crippen molar-refractivity contribution >= 4 is 28.3 Å². The molecule has 0 amide bonds. The van der Waals surface area contributed by atoms with E-state index in [1.165, 1.54) is 0 Å². The second-order valence-corrected chi connectivity index (χ2v) is 3.97. The Kier molecular flexibility index (Phi) is 4.11. The lowest BCUT2D eigenvalue weighted by Crippen LogP contribution is -2.20. The highest BCUT2D eigenvalue weighted by Crippen LogP contribution is 2.40. The summed E-state index contributed by atoms with van der Waals surface area (Å²) in [6, 6.07) is -0.0293. The maximum absolute atomic E-state index is 12.5. The number of ether oxygens (including phenoxy) is 1. The highest BCUT2D eigenvalue weighted by Gasteiger charge is 2.43. The fourth-order valence-electron chi connectivity index (χ4n) is 1.06. The minimum absolute atomic E-state index is 0.0293. The van der Waals surface area contributed by atoms with E-state index in [0.717, 1.165) is 22.6 Å². The topological polar surface area (TPSA) is 65.3 Å². The average Bonchev–Trinajstić information content (AvgIpc) is 2.10. The zero-order valence-corrected chi connectivity index (χ0v) is 10.5. The summed E-state index contributed by atoms with van der Waals surface area (Å²) in [5.41, 5.74) is -3.29. The van der Waals surface area contributed by atoms with Crippen LogP contribution >= 0.6 is 22.6 Å². The van der Waals surface area contributed by atoms with Gasteiger partial charge < -0.3 is 4.74 Å². The van der Waals surface area contributed by atoms with Crippen molar-refractivity contribution < 1.29 is 36.0 Å². The van der Waals surface area contributed by atoms with Gasteiger partial charge in [-0.05, 0) is 22.6 Å². The Morgan fingerprint density at radius 1 is 1.26 bits per heavy atom. The molecule has 0 radical (unpaired) electrons. The van der Waals surface area contributed by atoms with Gasteiger partial charge in [-0.1, -0.05) is 0 Å². The second-order valence-electron chi connectivity index (χ2n) is 2.95. The van der Waals surface area contributed by atoms with Crippen LogP contribution in [0.25, 0.3) is 0 Å². The van der Waals surface area contributed by atoms with E-state index in [2.05, 4.69) is 9.72 Å². The minimum Gasteiger partial charge on any atom is -0.388 e. The lowest BCUT2D eigenvalue weighted by molar-refractivity contribution is -0.388. The van der Waals surface area contributed by atoms with Crippen molar-refractivity contribution in [2.24, 2.45) is 0 Å².